The van der Waals surface area contributed by atoms with Crippen molar-refractivity contribution >= 4 is 5.97 Å². The topological polar surface area (TPSA) is 104 Å². The van der Waals surface area contributed by atoms with Crippen molar-refractivity contribution in [1.29, 1.82) is 0 Å². The fourth-order valence-electron chi connectivity index (χ4n) is 4.12. The normalized spacial score (nSPS) is 19.6. The van der Waals surface area contributed by atoms with E-state index in [1.165, 1.54) is 17.5 Å². The molecule has 0 bridgehead atoms. The third-order valence-corrected chi connectivity index (χ3v) is 5.42. The van der Waals surface area contributed by atoms with E-state index in [2.05, 4.69) is 51.1 Å². The fourth-order valence-corrected chi connectivity index (χ4v) is 4.12. The van der Waals surface area contributed by atoms with Crippen LogP contribution in [0.5, 0.6) is 0 Å². The van der Waals surface area contributed by atoms with Gasteiger partial charge in [-0.2, -0.15) is 5.21 Å². The number of H-pyrrole nitrogens is 1. The highest BCUT2D eigenvalue weighted by Gasteiger charge is 2.35. The molecule has 0 aliphatic carbocycles. The third kappa shape index (κ3) is 3.93. The van der Waals surface area contributed by atoms with Crippen molar-refractivity contribution in [2.45, 2.75) is 45.4 Å². The zero-order valence-corrected chi connectivity index (χ0v) is 15.6. The Bertz CT molecular complexity index is 738. The van der Waals surface area contributed by atoms with Gasteiger partial charge in [0.15, 0.2) is 5.82 Å². The van der Waals surface area contributed by atoms with Gasteiger partial charge in [-0.25, -0.2) is 0 Å². The number of carboxylic acids is 1. The van der Waals surface area contributed by atoms with Crippen molar-refractivity contribution in [2.24, 2.45) is 11.8 Å². The van der Waals surface area contributed by atoms with Crippen molar-refractivity contribution in [3.8, 4) is 0 Å². The van der Waals surface area contributed by atoms with Crippen LogP contribution in [0.2, 0.25) is 0 Å². The van der Waals surface area contributed by atoms with Gasteiger partial charge in [-0.05, 0) is 54.8 Å². The number of hydrogen-bond acceptors (Lipinski definition) is 5. The number of hydrogen-bond donors (Lipinski definition) is 3. The molecular weight excluding hydrogens is 330 g/mol. The first-order valence-electron chi connectivity index (χ1n) is 9.23. The predicted molar refractivity (Wildman–Crippen MR) is 98.0 cm³/mol. The number of aliphatic carboxylic acids is 1. The molecule has 3 unspecified atom stereocenters. The lowest BCUT2D eigenvalue weighted by molar-refractivity contribution is -0.144. The van der Waals surface area contributed by atoms with Gasteiger partial charge in [-0.15, -0.1) is 10.2 Å². The van der Waals surface area contributed by atoms with Gasteiger partial charge in [0.05, 0.1) is 5.92 Å². The summed E-state index contributed by atoms with van der Waals surface area (Å²) in [6.45, 7) is 8.08. The highest BCUT2D eigenvalue weighted by Crippen LogP contribution is 2.33. The Morgan fingerprint density at radius 1 is 1.38 bits per heavy atom. The van der Waals surface area contributed by atoms with Crippen molar-refractivity contribution in [2.75, 3.05) is 13.1 Å². The van der Waals surface area contributed by atoms with Gasteiger partial charge in [0, 0.05) is 12.5 Å². The van der Waals surface area contributed by atoms with Crippen molar-refractivity contribution in [3.63, 3.8) is 0 Å². The molecule has 140 valence electrons. The van der Waals surface area contributed by atoms with Gasteiger partial charge in [0.25, 0.3) is 0 Å². The fraction of sp³-hybridized carbons (Fsp3) is 0.579. The molecule has 1 aliphatic heterocycles. The molecule has 0 saturated carbocycles. The molecule has 1 fully saturated rings. The second kappa shape index (κ2) is 7.95. The summed E-state index contributed by atoms with van der Waals surface area (Å²) in [5, 5.41) is 27.4. The molecule has 3 atom stereocenters. The average Bonchev–Trinajstić information content (AvgIpc) is 3.27. The largest absolute Gasteiger partial charge is 0.481 e. The Morgan fingerprint density at radius 3 is 2.73 bits per heavy atom. The van der Waals surface area contributed by atoms with Gasteiger partial charge in [0.2, 0.25) is 0 Å². The van der Waals surface area contributed by atoms with Crippen molar-refractivity contribution in [3.05, 3.63) is 40.7 Å². The van der Waals surface area contributed by atoms with Crippen LogP contribution < -0.4 is 5.32 Å². The number of benzene rings is 1. The first-order valence-corrected chi connectivity index (χ1v) is 9.23. The lowest BCUT2D eigenvalue weighted by Gasteiger charge is -2.25. The standard InChI is InChI=1S/C19H27N5O2/c1-11(2)17(19(25)26)16(18-21-23-24-22-18)9-13-4-5-15(12(3)8-13)14-6-7-20-10-14/h4-5,8,11,14,16-17,20H,6-7,9-10H2,1-3H3,(H,25,26)(H,21,22,23,24). The van der Waals surface area contributed by atoms with Crippen LogP contribution in [-0.4, -0.2) is 44.8 Å². The van der Waals surface area contributed by atoms with Crippen LogP contribution >= 0.6 is 0 Å². The van der Waals surface area contributed by atoms with E-state index < -0.39 is 11.9 Å². The molecule has 2 heterocycles. The van der Waals surface area contributed by atoms with Crippen LogP contribution in [-0.2, 0) is 11.2 Å². The van der Waals surface area contributed by atoms with E-state index in [0.29, 0.717) is 18.2 Å². The van der Waals surface area contributed by atoms with Gasteiger partial charge < -0.3 is 10.4 Å². The minimum atomic E-state index is -0.819. The van der Waals surface area contributed by atoms with E-state index in [1.807, 2.05) is 13.8 Å². The van der Waals surface area contributed by atoms with Crippen molar-refractivity contribution < 1.29 is 9.90 Å². The number of aromatic amines is 1. The Kier molecular flexibility index (Phi) is 5.66. The Labute approximate surface area is 153 Å². The SMILES string of the molecule is Cc1cc(CC(c2nn[nH]n2)C(C(=O)O)C(C)C)ccc1C1CCNC1. The first kappa shape index (κ1) is 18.5. The Morgan fingerprint density at radius 2 is 2.19 bits per heavy atom. The lowest BCUT2D eigenvalue weighted by Crippen LogP contribution is -2.29. The maximum Gasteiger partial charge on any atom is 0.307 e. The maximum atomic E-state index is 11.9. The van der Waals surface area contributed by atoms with Crippen LogP contribution in [0, 0.1) is 18.8 Å². The number of nitrogens with one attached hydrogen (secondary N) is 2. The van der Waals surface area contributed by atoms with Gasteiger partial charge in [-0.3, -0.25) is 4.79 Å². The summed E-state index contributed by atoms with van der Waals surface area (Å²) in [5.74, 6) is -0.690. The van der Waals surface area contributed by atoms with Crippen LogP contribution in [0.4, 0.5) is 0 Å². The number of carbonyl (C=O) groups is 1. The smallest absolute Gasteiger partial charge is 0.307 e. The second-order valence-corrected chi connectivity index (χ2v) is 7.57. The summed E-state index contributed by atoms with van der Waals surface area (Å²) < 4.78 is 0. The quantitative estimate of drug-likeness (QED) is 0.702. The van der Waals surface area contributed by atoms with Crippen LogP contribution in [0.25, 0.3) is 0 Å². The summed E-state index contributed by atoms with van der Waals surface area (Å²) >= 11 is 0. The first-order chi connectivity index (χ1) is 12.5. The molecule has 1 aliphatic rings. The molecule has 3 rings (SSSR count). The van der Waals surface area contributed by atoms with E-state index in [9.17, 15) is 9.90 Å². The molecule has 7 heteroatoms. The molecule has 7 nitrogen and oxygen atoms in total. The number of rotatable bonds is 7. The molecule has 1 aromatic carbocycles. The summed E-state index contributed by atoms with van der Waals surface area (Å²) in [4.78, 5) is 11.9. The minimum absolute atomic E-state index is 0.0269. The third-order valence-electron chi connectivity index (χ3n) is 5.42. The van der Waals surface area contributed by atoms with Crippen LogP contribution in [0.3, 0.4) is 0 Å². The zero-order chi connectivity index (χ0) is 18.7. The van der Waals surface area contributed by atoms with E-state index in [4.69, 9.17) is 0 Å². The highest BCUT2D eigenvalue weighted by molar-refractivity contribution is 5.71. The summed E-state index contributed by atoms with van der Waals surface area (Å²) in [5.41, 5.74) is 3.76. The number of nitrogens with zero attached hydrogens (tertiary/aromatic N) is 3. The molecule has 3 N–H and O–H groups in total. The average molecular weight is 357 g/mol. The van der Waals surface area contributed by atoms with Crippen LogP contribution in [0.15, 0.2) is 18.2 Å². The lowest BCUT2D eigenvalue weighted by atomic mass is 9.79. The monoisotopic (exact) mass is 357 g/mol. The molecular formula is C19H27N5O2. The van der Waals surface area contributed by atoms with E-state index in [0.717, 1.165) is 18.7 Å². The summed E-state index contributed by atoms with van der Waals surface area (Å²) in [7, 11) is 0. The Hall–Kier alpha value is -2.28. The second-order valence-electron chi connectivity index (χ2n) is 7.57. The zero-order valence-electron chi connectivity index (χ0n) is 15.6. The molecule has 1 saturated heterocycles. The van der Waals surface area contributed by atoms with E-state index in [1.54, 1.807) is 0 Å². The molecule has 0 radical (unpaired) electrons. The van der Waals surface area contributed by atoms with E-state index >= 15 is 0 Å². The minimum Gasteiger partial charge on any atom is -0.481 e. The molecule has 26 heavy (non-hydrogen) atoms. The summed E-state index contributed by atoms with van der Waals surface area (Å²) in [6.07, 6.45) is 1.75. The van der Waals surface area contributed by atoms with Gasteiger partial charge in [0.1, 0.15) is 0 Å². The maximum absolute atomic E-state index is 11.9. The molecule has 0 amide bonds. The van der Waals surface area contributed by atoms with E-state index in [-0.39, 0.29) is 11.8 Å². The summed E-state index contributed by atoms with van der Waals surface area (Å²) in [6, 6.07) is 6.49. The predicted octanol–water partition coefficient (Wildman–Crippen LogP) is 2.27. The molecule has 0 spiro atoms. The van der Waals surface area contributed by atoms with Gasteiger partial charge >= 0.3 is 5.97 Å². The van der Waals surface area contributed by atoms with Crippen molar-refractivity contribution in [1.82, 2.24) is 25.9 Å². The highest BCUT2D eigenvalue weighted by atomic mass is 16.4. The Balaban J connectivity index is 1.87. The number of aryl methyl sites for hydroxylation is 1. The number of tetrazole rings is 1. The number of carboxylic acid groups (broad SMARTS) is 1. The van der Waals surface area contributed by atoms with Crippen LogP contribution in [0.1, 0.15) is 54.6 Å². The van der Waals surface area contributed by atoms with Gasteiger partial charge in [-0.1, -0.05) is 37.3 Å². The molecule has 2 aromatic rings. The molecule has 1 aromatic heterocycles. The number of aromatic nitrogens is 4.